The lowest BCUT2D eigenvalue weighted by Crippen LogP contribution is -2.14. The number of nitrogens with zero attached hydrogens (tertiary/aromatic N) is 2. The van der Waals surface area contributed by atoms with Crippen LogP contribution in [-0.2, 0) is 6.54 Å². The van der Waals surface area contributed by atoms with Gasteiger partial charge in [-0.1, -0.05) is 30.3 Å². The van der Waals surface area contributed by atoms with E-state index in [-0.39, 0.29) is 18.0 Å². The molecule has 1 saturated carbocycles. The minimum Gasteiger partial charge on any atom is -0.327 e. The number of halogens is 3. The molecule has 0 radical (unpaired) electrons. The first-order valence-electron chi connectivity index (χ1n) is 10.1. The first kappa shape index (κ1) is 20.2. The average molecular weight is 434 g/mol. The highest BCUT2D eigenvalue weighted by molar-refractivity contribution is 5.79. The Morgan fingerprint density at radius 1 is 0.938 bits per heavy atom. The summed E-state index contributed by atoms with van der Waals surface area (Å²) in [6.07, 6.45) is 2.96. The van der Waals surface area contributed by atoms with Crippen LogP contribution in [0.4, 0.5) is 13.2 Å². The fourth-order valence-corrected chi connectivity index (χ4v) is 4.23. The molecule has 0 amide bonds. The molecule has 1 aliphatic carbocycles. The Morgan fingerprint density at radius 2 is 1.59 bits per heavy atom. The van der Waals surface area contributed by atoms with E-state index in [1.54, 1.807) is 24.3 Å². The third kappa shape index (κ3) is 3.60. The Morgan fingerprint density at radius 3 is 2.28 bits per heavy atom. The van der Waals surface area contributed by atoms with E-state index in [2.05, 4.69) is 4.98 Å². The molecular weight excluding hydrogens is 417 g/mol. The van der Waals surface area contributed by atoms with Crippen molar-refractivity contribution in [2.24, 2.45) is 0 Å². The van der Waals surface area contributed by atoms with E-state index in [0.717, 1.165) is 23.8 Å². The summed E-state index contributed by atoms with van der Waals surface area (Å²) in [4.78, 5) is 27.1. The molecule has 2 atom stereocenters. The Kier molecular flexibility index (Phi) is 4.89. The maximum Gasteiger partial charge on any atom is 0.280 e. The highest BCUT2D eigenvalue weighted by atomic mass is 19.1. The van der Waals surface area contributed by atoms with Gasteiger partial charge in [0.25, 0.3) is 5.56 Å². The molecule has 0 spiro atoms. The highest BCUT2D eigenvalue weighted by Gasteiger charge is 2.39. The SMILES string of the molecule is O=Cc1ccc(C2CC2c2ccc3c(c2)c(=O)ncn3Cc2c(F)cc(F)cc2F)cc1. The number of benzene rings is 3. The van der Waals surface area contributed by atoms with Gasteiger partial charge in [-0.05, 0) is 41.5 Å². The Labute approximate surface area is 181 Å². The van der Waals surface area contributed by atoms with E-state index in [1.807, 2.05) is 18.2 Å². The Balaban J connectivity index is 1.47. The molecule has 0 saturated heterocycles. The third-order valence-electron chi connectivity index (χ3n) is 6.03. The summed E-state index contributed by atoms with van der Waals surface area (Å²) < 4.78 is 42.9. The van der Waals surface area contributed by atoms with Crippen LogP contribution in [0.3, 0.4) is 0 Å². The summed E-state index contributed by atoms with van der Waals surface area (Å²) in [5, 5.41) is 0.356. The summed E-state index contributed by atoms with van der Waals surface area (Å²) in [6, 6.07) is 14.1. The smallest absolute Gasteiger partial charge is 0.280 e. The third-order valence-corrected chi connectivity index (χ3v) is 6.03. The average Bonchev–Trinajstić information content (AvgIpc) is 3.58. The van der Waals surface area contributed by atoms with Gasteiger partial charge in [-0.3, -0.25) is 9.59 Å². The van der Waals surface area contributed by atoms with Crippen LogP contribution in [0.1, 0.15) is 45.3 Å². The number of aldehydes is 1. The van der Waals surface area contributed by atoms with Crippen molar-refractivity contribution in [3.8, 4) is 0 Å². The molecule has 2 unspecified atom stereocenters. The molecule has 32 heavy (non-hydrogen) atoms. The summed E-state index contributed by atoms with van der Waals surface area (Å²) in [7, 11) is 0. The van der Waals surface area contributed by atoms with Crippen LogP contribution in [0.2, 0.25) is 0 Å². The topological polar surface area (TPSA) is 52.0 Å². The molecular formula is C25H17F3N2O2. The van der Waals surface area contributed by atoms with Crippen LogP contribution in [0.15, 0.2) is 65.7 Å². The Bertz CT molecular complexity index is 1390. The second kappa shape index (κ2) is 7.75. The quantitative estimate of drug-likeness (QED) is 0.418. The van der Waals surface area contributed by atoms with Crippen LogP contribution in [-0.4, -0.2) is 15.8 Å². The lowest BCUT2D eigenvalue weighted by atomic mass is 10.0. The van der Waals surface area contributed by atoms with Gasteiger partial charge in [-0.15, -0.1) is 0 Å². The molecule has 0 bridgehead atoms. The van der Waals surface area contributed by atoms with E-state index in [9.17, 15) is 22.8 Å². The van der Waals surface area contributed by atoms with Gasteiger partial charge in [-0.2, -0.15) is 4.98 Å². The first-order chi connectivity index (χ1) is 15.4. The molecule has 7 heteroatoms. The normalized spacial score (nSPS) is 17.5. The van der Waals surface area contributed by atoms with Crippen molar-refractivity contribution in [1.29, 1.82) is 0 Å². The molecule has 4 aromatic rings. The van der Waals surface area contributed by atoms with Gasteiger partial charge >= 0.3 is 0 Å². The second-order valence-electron chi connectivity index (χ2n) is 8.04. The minimum absolute atomic E-state index is 0.226. The number of carbonyl (C=O) groups is 1. The number of hydrogen-bond acceptors (Lipinski definition) is 3. The van der Waals surface area contributed by atoms with Crippen LogP contribution in [0.5, 0.6) is 0 Å². The molecule has 0 aliphatic heterocycles. The predicted molar refractivity (Wildman–Crippen MR) is 113 cm³/mol. The summed E-state index contributed by atoms with van der Waals surface area (Å²) in [6.45, 7) is -0.226. The Hall–Kier alpha value is -3.74. The molecule has 0 N–H and O–H groups in total. The van der Waals surface area contributed by atoms with Gasteiger partial charge in [0.15, 0.2) is 0 Å². The van der Waals surface area contributed by atoms with Crippen molar-refractivity contribution in [1.82, 2.24) is 9.55 Å². The maximum absolute atomic E-state index is 14.1. The molecule has 1 fully saturated rings. The van der Waals surface area contributed by atoms with Crippen LogP contribution < -0.4 is 5.56 Å². The molecule has 4 nitrogen and oxygen atoms in total. The fourth-order valence-electron chi connectivity index (χ4n) is 4.23. The zero-order valence-electron chi connectivity index (χ0n) is 16.8. The monoisotopic (exact) mass is 434 g/mol. The maximum atomic E-state index is 14.1. The molecule has 1 aliphatic rings. The van der Waals surface area contributed by atoms with Crippen LogP contribution in [0.25, 0.3) is 10.9 Å². The number of fused-ring (bicyclic) bond motifs is 1. The standard InChI is InChI=1S/C25H17F3N2O2/c26-17-8-22(27)21(23(28)9-17)11-30-13-29-25(32)20-7-16(5-6-24(20)30)19-10-18(19)15-3-1-14(12-31)2-4-15/h1-9,12-13,18-19H,10-11H2. The molecule has 5 rings (SSSR count). The lowest BCUT2D eigenvalue weighted by Gasteiger charge is -2.12. The van der Waals surface area contributed by atoms with Gasteiger partial charge in [0.2, 0.25) is 0 Å². The number of rotatable bonds is 5. The van der Waals surface area contributed by atoms with E-state index in [0.29, 0.717) is 34.5 Å². The number of aromatic nitrogens is 2. The molecule has 3 aromatic carbocycles. The van der Waals surface area contributed by atoms with Crippen LogP contribution in [0, 0.1) is 17.5 Å². The van der Waals surface area contributed by atoms with Gasteiger partial charge in [0, 0.05) is 23.3 Å². The zero-order chi connectivity index (χ0) is 22.4. The minimum atomic E-state index is -0.993. The van der Waals surface area contributed by atoms with Gasteiger partial charge in [0.1, 0.15) is 23.7 Å². The van der Waals surface area contributed by atoms with Crippen molar-refractivity contribution in [2.45, 2.75) is 24.8 Å². The summed E-state index contributed by atoms with van der Waals surface area (Å²) in [5.41, 5.74) is 2.50. The van der Waals surface area contributed by atoms with Crippen LogP contribution >= 0.6 is 0 Å². The van der Waals surface area contributed by atoms with Crippen molar-refractivity contribution >= 4 is 17.2 Å². The van der Waals surface area contributed by atoms with E-state index >= 15 is 0 Å². The van der Waals surface area contributed by atoms with E-state index < -0.39 is 23.0 Å². The van der Waals surface area contributed by atoms with E-state index in [1.165, 1.54) is 10.9 Å². The number of carbonyl (C=O) groups excluding carboxylic acids is 1. The molecule has 1 aromatic heterocycles. The van der Waals surface area contributed by atoms with Crippen molar-refractivity contribution in [2.75, 3.05) is 0 Å². The van der Waals surface area contributed by atoms with Crippen molar-refractivity contribution in [3.63, 3.8) is 0 Å². The largest absolute Gasteiger partial charge is 0.327 e. The van der Waals surface area contributed by atoms with Gasteiger partial charge in [0.05, 0.1) is 23.8 Å². The zero-order valence-corrected chi connectivity index (χ0v) is 16.8. The van der Waals surface area contributed by atoms with E-state index in [4.69, 9.17) is 0 Å². The summed E-state index contributed by atoms with van der Waals surface area (Å²) in [5.74, 6) is -2.44. The van der Waals surface area contributed by atoms with Crippen molar-refractivity contribution < 1.29 is 18.0 Å². The molecule has 160 valence electrons. The fraction of sp³-hybridized carbons (Fsp3) is 0.160. The predicted octanol–water partition coefficient (Wildman–Crippen LogP) is 4.95. The summed E-state index contributed by atoms with van der Waals surface area (Å²) >= 11 is 0. The second-order valence-corrected chi connectivity index (χ2v) is 8.04. The van der Waals surface area contributed by atoms with Gasteiger partial charge < -0.3 is 4.57 Å². The first-order valence-corrected chi connectivity index (χ1v) is 10.1. The molecule has 1 heterocycles. The number of hydrogen-bond donors (Lipinski definition) is 0. The highest BCUT2D eigenvalue weighted by Crippen LogP contribution is 2.54. The van der Waals surface area contributed by atoms with Gasteiger partial charge in [-0.25, -0.2) is 13.2 Å². The van der Waals surface area contributed by atoms with Crippen molar-refractivity contribution in [3.05, 3.63) is 111 Å². The lowest BCUT2D eigenvalue weighted by molar-refractivity contribution is 0.112.